The number of hydrogen-bond donors (Lipinski definition) is 0. The molecule has 2 aromatic rings. The van der Waals surface area contributed by atoms with Crippen molar-refractivity contribution in [2.75, 3.05) is 18.0 Å². The molecule has 0 unspecified atom stereocenters. The Morgan fingerprint density at radius 3 is 2.65 bits per heavy atom. The molecule has 166 valence electrons. The summed E-state index contributed by atoms with van der Waals surface area (Å²) in [6.45, 7) is 3.05. The zero-order valence-electron chi connectivity index (χ0n) is 18.0. The van der Waals surface area contributed by atoms with Gasteiger partial charge in [0, 0.05) is 44.0 Å². The maximum absolute atomic E-state index is 13.4. The zero-order chi connectivity index (χ0) is 21.8. The van der Waals surface area contributed by atoms with E-state index in [1.807, 2.05) is 11.8 Å². The number of rotatable bonds is 5. The van der Waals surface area contributed by atoms with Gasteiger partial charge in [-0.2, -0.15) is 4.31 Å². The molecule has 2 aliphatic heterocycles. The van der Waals surface area contributed by atoms with Crippen molar-refractivity contribution in [3.05, 3.63) is 29.6 Å². The van der Waals surface area contributed by atoms with Gasteiger partial charge in [-0.3, -0.25) is 9.69 Å². The SMILES string of the molecule is Cc1nc([C@@H]2CCCCN2S(=O)(=O)c2cn(C)cn2)nc2c1CCC(=O)N2CC1CC1. The third-order valence-corrected chi connectivity index (χ3v) is 8.29. The van der Waals surface area contributed by atoms with Crippen LogP contribution in [0.4, 0.5) is 5.82 Å². The van der Waals surface area contributed by atoms with Gasteiger partial charge in [0.15, 0.2) is 5.03 Å². The number of anilines is 1. The van der Waals surface area contributed by atoms with Gasteiger partial charge >= 0.3 is 0 Å². The van der Waals surface area contributed by atoms with E-state index in [0.717, 1.165) is 36.9 Å². The summed E-state index contributed by atoms with van der Waals surface area (Å²) in [5, 5.41) is 0.0436. The van der Waals surface area contributed by atoms with Crippen molar-refractivity contribution in [3.63, 3.8) is 0 Å². The van der Waals surface area contributed by atoms with Crippen LogP contribution in [0.5, 0.6) is 0 Å². The third-order valence-electron chi connectivity index (χ3n) is 6.50. The van der Waals surface area contributed by atoms with Crippen molar-refractivity contribution in [2.45, 2.75) is 62.9 Å². The average molecular weight is 445 g/mol. The lowest BCUT2D eigenvalue weighted by atomic mass is 10.0. The topological polar surface area (TPSA) is 101 Å². The number of hydrogen-bond acceptors (Lipinski definition) is 6. The van der Waals surface area contributed by atoms with E-state index in [-0.39, 0.29) is 10.9 Å². The van der Waals surface area contributed by atoms with Gasteiger partial charge < -0.3 is 4.57 Å². The third kappa shape index (κ3) is 3.76. The molecule has 0 N–H and O–H groups in total. The van der Waals surface area contributed by atoms with E-state index >= 15 is 0 Å². The largest absolute Gasteiger partial charge is 0.339 e. The van der Waals surface area contributed by atoms with Crippen LogP contribution in [0.3, 0.4) is 0 Å². The van der Waals surface area contributed by atoms with Crippen LogP contribution < -0.4 is 4.90 Å². The summed E-state index contributed by atoms with van der Waals surface area (Å²) < 4.78 is 29.8. The molecule has 3 aliphatic rings. The van der Waals surface area contributed by atoms with Crippen molar-refractivity contribution in [2.24, 2.45) is 13.0 Å². The van der Waals surface area contributed by atoms with Crippen molar-refractivity contribution < 1.29 is 13.2 Å². The number of aromatic nitrogens is 4. The van der Waals surface area contributed by atoms with Crippen molar-refractivity contribution >= 4 is 21.7 Å². The molecule has 2 aromatic heterocycles. The molecule has 4 heterocycles. The second kappa shape index (κ2) is 7.67. The lowest BCUT2D eigenvalue weighted by molar-refractivity contribution is -0.119. The van der Waals surface area contributed by atoms with Gasteiger partial charge in [-0.1, -0.05) is 6.42 Å². The second-order valence-electron chi connectivity index (χ2n) is 8.92. The first-order chi connectivity index (χ1) is 14.8. The first-order valence-electron chi connectivity index (χ1n) is 11.0. The number of imidazole rings is 1. The molecule has 0 aromatic carbocycles. The van der Waals surface area contributed by atoms with Gasteiger partial charge in [0.2, 0.25) is 5.91 Å². The van der Waals surface area contributed by atoms with Crippen LogP contribution in [-0.4, -0.2) is 51.2 Å². The molecule has 1 aliphatic carbocycles. The van der Waals surface area contributed by atoms with Gasteiger partial charge in [-0.15, -0.1) is 0 Å². The fraction of sp³-hybridized carbons (Fsp3) is 0.619. The van der Waals surface area contributed by atoms with Crippen LogP contribution in [0.25, 0.3) is 0 Å². The van der Waals surface area contributed by atoms with Gasteiger partial charge in [0.05, 0.1) is 12.4 Å². The summed E-state index contributed by atoms with van der Waals surface area (Å²) in [5.74, 6) is 1.83. The first-order valence-corrected chi connectivity index (χ1v) is 12.5. The second-order valence-corrected chi connectivity index (χ2v) is 10.8. The highest BCUT2D eigenvalue weighted by Gasteiger charge is 2.39. The van der Waals surface area contributed by atoms with Crippen molar-refractivity contribution in [1.82, 2.24) is 23.8 Å². The van der Waals surface area contributed by atoms with E-state index in [1.165, 1.54) is 16.8 Å². The molecular formula is C21H28N6O3S. The van der Waals surface area contributed by atoms with E-state index in [2.05, 4.69) is 4.98 Å². The Morgan fingerprint density at radius 1 is 1.13 bits per heavy atom. The Hall–Kier alpha value is -2.33. The van der Waals surface area contributed by atoms with Crippen molar-refractivity contribution in [3.8, 4) is 0 Å². The van der Waals surface area contributed by atoms with Crippen LogP contribution >= 0.6 is 0 Å². The van der Waals surface area contributed by atoms with E-state index in [1.54, 1.807) is 11.6 Å². The van der Waals surface area contributed by atoms with E-state index < -0.39 is 16.1 Å². The highest BCUT2D eigenvalue weighted by atomic mass is 32.2. The van der Waals surface area contributed by atoms with Crippen LogP contribution in [0, 0.1) is 12.8 Å². The fourth-order valence-corrected chi connectivity index (χ4v) is 6.22. The predicted molar refractivity (Wildman–Crippen MR) is 114 cm³/mol. The molecule has 5 rings (SSSR count). The van der Waals surface area contributed by atoms with E-state index in [4.69, 9.17) is 9.97 Å². The monoisotopic (exact) mass is 444 g/mol. The number of fused-ring (bicyclic) bond motifs is 1. The molecule has 9 nitrogen and oxygen atoms in total. The summed E-state index contributed by atoms with van der Waals surface area (Å²) in [6.07, 6.45) is 8.78. The maximum Gasteiger partial charge on any atom is 0.262 e. The summed E-state index contributed by atoms with van der Waals surface area (Å²) in [4.78, 5) is 28.2. The number of carbonyl (C=O) groups is 1. The Labute approximate surface area is 182 Å². The molecule has 0 spiro atoms. The molecule has 1 amide bonds. The van der Waals surface area contributed by atoms with E-state index in [9.17, 15) is 13.2 Å². The normalized spacial score (nSPS) is 22.6. The zero-order valence-corrected chi connectivity index (χ0v) is 18.8. The summed E-state index contributed by atoms with van der Waals surface area (Å²) in [7, 11) is -2.01. The molecule has 31 heavy (non-hydrogen) atoms. The van der Waals surface area contributed by atoms with Gasteiger partial charge in [-0.05, 0) is 44.9 Å². The van der Waals surface area contributed by atoms with Crippen LogP contribution in [0.2, 0.25) is 0 Å². The minimum absolute atomic E-state index is 0.0436. The lowest BCUT2D eigenvalue weighted by Gasteiger charge is -2.35. The van der Waals surface area contributed by atoms with Crippen molar-refractivity contribution in [1.29, 1.82) is 0 Å². The van der Waals surface area contributed by atoms with Crippen LogP contribution in [0.1, 0.15) is 61.6 Å². The Kier molecular flexibility index (Phi) is 5.09. The van der Waals surface area contributed by atoms with Crippen LogP contribution in [0.15, 0.2) is 17.6 Å². The average Bonchev–Trinajstić information content (AvgIpc) is 3.46. The Bertz CT molecular complexity index is 1120. The summed E-state index contributed by atoms with van der Waals surface area (Å²) in [6, 6.07) is -0.454. The fourth-order valence-electron chi connectivity index (χ4n) is 4.59. The number of aryl methyl sites for hydroxylation is 2. The molecule has 2 fully saturated rings. The van der Waals surface area contributed by atoms with E-state index in [0.29, 0.717) is 49.9 Å². The maximum atomic E-state index is 13.4. The highest BCUT2D eigenvalue weighted by molar-refractivity contribution is 7.89. The Balaban J connectivity index is 1.54. The first kappa shape index (κ1) is 20.6. The number of amides is 1. The molecule has 0 radical (unpaired) electrons. The number of carbonyl (C=O) groups excluding carboxylic acids is 1. The molecule has 0 bridgehead atoms. The van der Waals surface area contributed by atoms with Crippen LogP contribution in [-0.2, 0) is 28.3 Å². The number of sulfonamides is 1. The minimum atomic E-state index is -3.77. The van der Waals surface area contributed by atoms with Gasteiger partial charge in [0.25, 0.3) is 10.0 Å². The Morgan fingerprint density at radius 2 is 1.94 bits per heavy atom. The van der Waals surface area contributed by atoms with Gasteiger partial charge in [0.1, 0.15) is 11.6 Å². The molecule has 1 saturated carbocycles. The quantitative estimate of drug-likeness (QED) is 0.700. The summed E-state index contributed by atoms with van der Waals surface area (Å²) in [5.41, 5.74) is 1.85. The summed E-state index contributed by atoms with van der Waals surface area (Å²) >= 11 is 0. The highest BCUT2D eigenvalue weighted by Crippen LogP contribution is 2.38. The number of piperidine rings is 1. The standard InChI is InChI=1S/C21H28N6O3S/c1-14-16-8-9-19(28)26(11-15-6-7-15)21(16)24-20(23-14)17-5-3-4-10-27(17)31(29,30)18-12-25(2)13-22-18/h12-13,15,17H,3-11H2,1-2H3/t17-/m0/s1. The minimum Gasteiger partial charge on any atom is -0.339 e. The molecule has 1 saturated heterocycles. The predicted octanol–water partition coefficient (Wildman–Crippen LogP) is 2.12. The van der Waals surface area contributed by atoms with Gasteiger partial charge in [-0.25, -0.2) is 23.4 Å². The number of nitrogens with zero attached hydrogens (tertiary/aromatic N) is 6. The molecular weight excluding hydrogens is 416 g/mol. The lowest BCUT2D eigenvalue weighted by Crippen LogP contribution is -2.41. The molecule has 1 atom stereocenters. The molecule has 10 heteroatoms. The smallest absolute Gasteiger partial charge is 0.262 e.